The zero-order chi connectivity index (χ0) is 15.3. The molecule has 0 spiro atoms. The van der Waals surface area contributed by atoms with Crippen molar-refractivity contribution in [2.75, 3.05) is 6.61 Å². The van der Waals surface area contributed by atoms with Crippen LogP contribution < -0.4 is 4.74 Å². The van der Waals surface area contributed by atoms with Crippen LogP contribution in [0.1, 0.15) is 56.7 Å². The maximum Gasteiger partial charge on any atom is 0.126 e. The third-order valence-electron chi connectivity index (χ3n) is 3.71. The summed E-state index contributed by atoms with van der Waals surface area (Å²) in [5, 5.41) is 0.809. The fourth-order valence-electron chi connectivity index (χ4n) is 2.40. The van der Waals surface area contributed by atoms with Gasteiger partial charge >= 0.3 is 0 Å². The molecule has 0 saturated carbocycles. The molecule has 0 aromatic heterocycles. The summed E-state index contributed by atoms with van der Waals surface area (Å²) in [6, 6.07) is 1.99. The van der Waals surface area contributed by atoms with Crippen LogP contribution in [0, 0.1) is 31.6 Å². The summed E-state index contributed by atoms with van der Waals surface area (Å²) >= 11 is 6.35. The summed E-state index contributed by atoms with van der Waals surface area (Å²) in [6.45, 7) is 13.2. The molecule has 0 radical (unpaired) electrons. The highest BCUT2D eigenvalue weighted by Gasteiger charge is 2.22. The van der Waals surface area contributed by atoms with Gasteiger partial charge in [0.2, 0.25) is 0 Å². The SMILES string of the molecule is CCC#CC(C)C(C)c1c(C)c(Cl)cc(C)c1OCC. The molecule has 2 atom stereocenters. The third-order valence-corrected chi connectivity index (χ3v) is 4.10. The second-order valence-electron chi connectivity index (χ2n) is 5.23. The average Bonchev–Trinajstić information content (AvgIpc) is 2.42. The monoisotopic (exact) mass is 292 g/mol. The molecule has 20 heavy (non-hydrogen) atoms. The van der Waals surface area contributed by atoms with Gasteiger partial charge in [0.15, 0.2) is 0 Å². The predicted molar refractivity (Wildman–Crippen MR) is 87.7 cm³/mol. The molecule has 0 saturated heterocycles. The first kappa shape index (κ1) is 16.9. The fourth-order valence-corrected chi connectivity index (χ4v) is 2.66. The topological polar surface area (TPSA) is 9.23 Å². The van der Waals surface area contributed by atoms with Gasteiger partial charge in [0.25, 0.3) is 0 Å². The number of benzene rings is 1. The number of aryl methyl sites for hydroxylation is 1. The minimum Gasteiger partial charge on any atom is -0.493 e. The average molecular weight is 293 g/mol. The molecule has 2 unspecified atom stereocenters. The molecule has 0 bridgehead atoms. The first-order chi connectivity index (χ1) is 9.43. The van der Waals surface area contributed by atoms with Gasteiger partial charge in [-0.05, 0) is 43.9 Å². The lowest BCUT2D eigenvalue weighted by atomic mass is 9.85. The van der Waals surface area contributed by atoms with Crippen molar-refractivity contribution < 1.29 is 4.74 Å². The quantitative estimate of drug-likeness (QED) is 0.665. The number of halogens is 1. The van der Waals surface area contributed by atoms with Crippen molar-refractivity contribution in [3.63, 3.8) is 0 Å². The van der Waals surface area contributed by atoms with Crippen molar-refractivity contribution in [1.29, 1.82) is 0 Å². The van der Waals surface area contributed by atoms with E-state index in [2.05, 4.69) is 46.5 Å². The van der Waals surface area contributed by atoms with Crippen molar-refractivity contribution in [1.82, 2.24) is 0 Å². The number of hydrogen-bond donors (Lipinski definition) is 0. The lowest BCUT2D eigenvalue weighted by Gasteiger charge is -2.24. The molecule has 0 aliphatic rings. The van der Waals surface area contributed by atoms with Gasteiger partial charge in [-0.1, -0.05) is 38.3 Å². The highest BCUT2D eigenvalue weighted by molar-refractivity contribution is 6.31. The highest BCUT2D eigenvalue weighted by Crippen LogP contribution is 2.39. The van der Waals surface area contributed by atoms with Crippen molar-refractivity contribution >= 4 is 11.6 Å². The Balaban J connectivity index is 3.33. The molecule has 1 nitrogen and oxygen atoms in total. The van der Waals surface area contributed by atoms with Crippen LogP contribution in [0.3, 0.4) is 0 Å². The van der Waals surface area contributed by atoms with Crippen molar-refractivity contribution in [2.24, 2.45) is 5.92 Å². The predicted octanol–water partition coefficient (Wildman–Crippen LogP) is 5.51. The Bertz CT molecular complexity index is 522. The Morgan fingerprint density at radius 3 is 2.45 bits per heavy atom. The maximum atomic E-state index is 6.35. The molecule has 1 aromatic rings. The minimum absolute atomic E-state index is 0.283. The molecule has 0 heterocycles. The van der Waals surface area contributed by atoms with E-state index in [0.29, 0.717) is 12.5 Å². The molecule has 0 aliphatic heterocycles. The van der Waals surface area contributed by atoms with Gasteiger partial charge in [0, 0.05) is 22.9 Å². The lowest BCUT2D eigenvalue weighted by molar-refractivity contribution is 0.330. The molecule has 2 heteroatoms. The van der Waals surface area contributed by atoms with E-state index in [-0.39, 0.29) is 5.92 Å². The largest absolute Gasteiger partial charge is 0.493 e. The Kier molecular flexibility index (Phi) is 6.43. The van der Waals surface area contributed by atoms with Crippen molar-refractivity contribution in [2.45, 2.75) is 53.9 Å². The van der Waals surface area contributed by atoms with Crippen molar-refractivity contribution in [3.05, 3.63) is 27.8 Å². The van der Waals surface area contributed by atoms with Crippen LogP contribution in [0.25, 0.3) is 0 Å². The van der Waals surface area contributed by atoms with Crippen LogP contribution in [0.2, 0.25) is 5.02 Å². The van der Waals surface area contributed by atoms with Gasteiger partial charge < -0.3 is 4.74 Å². The minimum atomic E-state index is 0.283. The van der Waals surface area contributed by atoms with Crippen LogP contribution in [0.15, 0.2) is 6.07 Å². The smallest absolute Gasteiger partial charge is 0.126 e. The summed E-state index contributed by atoms with van der Waals surface area (Å²) in [5.41, 5.74) is 3.41. The summed E-state index contributed by atoms with van der Waals surface area (Å²) in [5.74, 6) is 8.05. The third kappa shape index (κ3) is 3.70. The molecule has 0 amide bonds. The Morgan fingerprint density at radius 1 is 1.25 bits per heavy atom. The number of hydrogen-bond acceptors (Lipinski definition) is 1. The molecular formula is C18H25ClO. The lowest BCUT2D eigenvalue weighted by Crippen LogP contribution is -2.10. The van der Waals surface area contributed by atoms with Crippen LogP contribution in [-0.4, -0.2) is 6.61 Å². The van der Waals surface area contributed by atoms with Crippen molar-refractivity contribution in [3.8, 4) is 17.6 Å². The van der Waals surface area contributed by atoms with Gasteiger partial charge in [0.05, 0.1) is 6.61 Å². The summed E-state index contributed by atoms with van der Waals surface area (Å²) in [6.07, 6.45) is 0.892. The molecule has 0 aliphatic carbocycles. The normalized spacial score (nSPS) is 13.3. The summed E-state index contributed by atoms with van der Waals surface area (Å²) in [7, 11) is 0. The fraction of sp³-hybridized carbons (Fsp3) is 0.556. The zero-order valence-corrected chi connectivity index (χ0v) is 14.2. The Hall–Kier alpha value is -1.13. The molecule has 1 aromatic carbocycles. The molecular weight excluding hydrogens is 268 g/mol. The van der Waals surface area contributed by atoms with Gasteiger partial charge in [-0.25, -0.2) is 0 Å². The molecule has 0 fully saturated rings. The van der Waals surface area contributed by atoms with Crippen LogP contribution in [0.5, 0.6) is 5.75 Å². The molecule has 110 valence electrons. The second kappa shape index (κ2) is 7.60. The van der Waals surface area contributed by atoms with E-state index < -0.39 is 0 Å². The van der Waals surface area contributed by atoms with Gasteiger partial charge in [0.1, 0.15) is 5.75 Å². The maximum absolute atomic E-state index is 6.35. The summed E-state index contributed by atoms with van der Waals surface area (Å²) < 4.78 is 5.87. The van der Waals surface area contributed by atoms with Gasteiger partial charge in [-0.15, -0.1) is 5.92 Å². The standard InChI is InChI=1S/C18H25ClO/c1-7-9-10-12(3)14(5)17-15(6)16(19)11-13(4)18(17)20-8-2/h11-12,14H,7-8H2,1-6H3. The second-order valence-corrected chi connectivity index (χ2v) is 5.64. The van der Waals surface area contributed by atoms with Gasteiger partial charge in [-0.2, -0.15) is 0 Å². The van der Waals surface area contributed by atoms with E-state index in [1.165, 1.54) is 5.56 Å². The summed E-state index contributed by atoms with van der Waals surface area (Å²) in [4.78, 5) is 0. The number of ether oxygens (including phenoxy) is 1. The highest BCUT2D eigenvalue weighted by atomic mass is 35.5. The first-order valence-electron chi connectivity index (χ1n) is 7.34. The van der Waals surface area contributed by atoms with E-state index in [0.717, 1.165) is 28.3 Å². The van der Waals surface area contributed by atoms with E-state index in [1.54, 1.807) is 0 Å². The number of rotatable bonds is 4. The first-order valence-corrected chi connectivity index (χ1v) is 7.72. The molecule has 0 N–H and O–H groups in total. The van der Waals surface area contributed by atoms with E-state index >= 15 is 0 Å². The Labute approximate surface area is 128 Å². The molecule has 1 rings (SSSR count). The van der Waals surface area contributed by atoms with E-state index in [4.69, 9.17) is 16.3 Å². The van der Waals surface area contributed by atoms with Crippen LogP contribution in [0.4, 0.5) is 0 Å². The van der Waals surface area contributed by atoms with Crippen LogP contribution in [-0.2, 0) is 0 Å². The van der Waals surface area contributed by atoms with E-state index in [9.17, 15) is 0 Å². The van der Waals surface area contributed by atoms with Crippen LogP contribution >= 0.6 is 11.6 Å². The Morgan fingerprint density at radius 2 is 1.90 bits per heavy atom. The van der Waals surface area contributed by atoms with Gasteiger partial charge in [-0.3, -0.25) is 0 Å². The zero-order valence-electron chi connectivity index (χ0n) is 13.4. The van der Waals surface area contributed by atoms with E-state index in [1.807, 2.05) is 13.0 Å².